The number of carbonyl (C=O) groups excluding carboxylic acids is 1. The summed E-state index contributed by atoms with van der Waals surface area (Å²) >= 11 is 0. The van der Waals surface area contributed by atoms with Crippen molar-refractivity contribution in [3.8, 4) is 0 Å². The Morgan fingerprint density at radius 1 is 1.21 bits per heavy atom. The Labute approximate surface area is 164 Å². The van der Waals surface area contributed by atoms with Crippen LogP contribution in [0.2, 0.25) is 0 Å². The zero-order valence-corrected chi connectivity index (χ0v) is 17.1. The van der Waals surface area contributed by atoms with Gasteiger partial charge in [0.2, 0.25) is 10.0 Å². The van der Waals surface area contributed by atoms with E-state index >= 15 is 0 Å². The van der Waals surface area contributed by atoms with E-state index in [1.54, 1.807) is 20.0 Å². The van der Waals surface area contributed by atoms with Gasteiger partial charge in [0.15, 0.2) is 0 Å². The van der Waals surface area contributed by atoms with Gasteiger partial charge in [-0.1, -0.05) is 12.1 Å². The third-order valence-corrected chi connectivity index (χ3v) is 6.50. The molecule has 8 heteroatoms. The van der Waals surface area contributed by atoms with Crippen LogP contribution in [0, 0.1) is 6.92 Å². The van der Waals surface area contributed by atoms with Crippen molar-refractivity contribution < 1.29 is 17.9 Å². The lowest BCUT2D eigenvalue weighted by Gasteiger charge is -2.21. The first kappa shape index (κ1) is 20.0. The van der Waals surface area contributed by atoms with Gasteiger partial charge in [-0.3, -0.25) is 0 Å². The van der Waals surface area contributed by atoms with E-state index in [1.165, 1.54) is 35.6 Å². The highest BCUT2D eigenvalue weighted by Gasteiger charge is 2.24. The van der Waals surface area contributed by atoms with Crippen LogP contribution >= 0.6 is 0 Å². The Kier molecular flexibility index (Phi) is 5.53. The van der Waals surface area contributed by atoms with E-state index < -0.39 is 16.0 Å². The number of pyridine rings is 1. The second kappa shape index (κ2) is 7.73. The molecule has 3 rings (SSSR count). The van der Waals surface area contributed by atoms with Crippen molar-refractivity contribution in [3.63, 3.8) is 0 Å². The molecule has 2 aromatic heterocycles. The van der Waals surface area contributed by atoms with E-state index in [0.29, 0.717) is 5.69 Å². The highest BCUT2D eigenvalue weighted by molar-refractivity contribution is 7.89. The predicted octanol–water partition coefficient (Wildman–Crippen LogP) is 3.03. The Hall–Kier alpha value is -2.71. The summed E-state index contributed by atoms with van der Waals surface area (Å²) in [6.07, 6.45) is 3.74. The number of ether oxygens (including phenoxy) is 1. The summed E-state index contributed by atoms with van der Waals surface area (Å²) in [5.74, 6) is -0.600. The monoisotopic (exact) mass is 401 g/mol. The summed E-state index contributed by atoms with van der Waals surface area (Å²) in [7, 11) is -2.16. The molecule has 28 heavy (non-hydrogen) atoms. The fraction of sp³-hybridized carbons (Fsp3) is 0.300. The number of aryl methyl sites for hydroxylation is 1. The number of hydrogen-bond donors (Lipinski definition) is 0. The quantitative estimate of drug-likeness (QED) is 0.593. The number of nitrogens with zero attached hydrogens (tertiary/aromatic N) is 3. The first-order chi connectivity index (χ1) is 13.2. The number of fused-ring (bicyclic) bond motifs is 1. The third-order valence-electron chi connectivity index (χ3n) is 4.47. The van der Waals surface area contributed by atoms with E-state index in [1.807, 2.05) is 29.7 Å². The number of benzene rings is 1. The number of imidazole rings is 1. The Morgan fingerprint density at radius 3 is 2.68 bits per heavy atom. The van der Waals surface area contributed by atoms with Gasteiger partial charge < -0.3 is 9.14 Å². The van der Waals surface area contributed by atoms with Gasteiger partial charge >= 0.3 is 5.97 Å². The third kappa shape index (κ3) is 4.07. The molecule has 1 aromatic carbocycles. The van der Waals surface area contributed by atoms with Gasteiger partial charge in [-0.25, -0.2) is 18.2 Å². The normalized spacial score (nSPS) is 12.1. The van der Waals surface area contributed by atoms with Crippen LogP contribution in [0.5, 0.6) is 0 Å². The molecule has 0 radical (unpaired) electrons. The van der Waals surface area contributed by atoms with E-state index in [0.717, 1.165) is 11.2 Å². The number of sulfonamides is 1. The van der Waals surface area contributed by atoms with Gasteiger partial charge in [-0.15, -0.1) is 0 Å². The van der Waals surface area contributed by atoms with Crippen molar-refractivity contribution in [2.24, 2.45) is 0 Å². The molecule has 0 amide bonds. The number of carbonyl (C=O) groups is 1. The van der Waals surface area contributed by atoms with Crippen LogP contribution in [0.15, 0.2) is 53.7 Å². The maximum atomic E-state index is 12.6. The van der Waals surface area contributed by atoms with Crippen molar-refractivity contribution in [3.05, 3.63) is 65.6 Å². The summed E-state index contributed by atoms with van der Waals surface area (Å²) in [5.41, 5.74) is 2.65. The minimum absolute atomic E-state index is 0.00242. The van der Waals surface area contributed by atoms with Gasteiger partial charge in [-0.05, 0) is 50.6 Å². The molecule has 0 aliphatic carbocycles. The van der Waals surface area contributed by atoms with Crippen LogP contribution in [0.1, 0.15) is 35.5 Å². The van der Waals surface area contributed by atoms with Gasteiger partial charge in [-0.2, -0.15) is 4.31 Å². The highest BCUT2D eigenvalue weighted by Crippen LogP contribution is 2.19. The van der Waals surface area contributed by atoms with Crippen molar-refractivity contribution in [1.82, 2.24) is 13.7 Å². The molecule has 0 saturated carbocycles. The molecule has 3 aromatic rings. The molecule has 7 nitrogen and oxygen atoms in total. The number of aromatic nitrogens is 2. The smallest absolute Gasteiger partial charge is 0.338 e. The van der Waals surface area contributed by atoms with E-state index in [-0.39, 0.29) is 23.1 Å². The van der Waals surface area contributed by atoms with Crippen LogP contribution in [-0.2, 0) is 21.4 Å². The van der Waals surface area contributed by atoms with Crippen molar-refractivity contribution in [2.75, 3.05) is 7.05 Å². The fourth-order valence-electron chi connectivity index (χ4n) is 2.68. The Morgan fingerprint density at radius 2 is 1.96 bits per heavy atom. The van der Waals surface area contributed by atoms with Gasteiger partial charge in [0, 0.05) is 25.5 Å². The first-order valence-electron chi connectivity index (χ1n) is 8.88. The van der Waals surface area contributed by atoms with E-state index in [2.05, 4.69) is 4.98 Å². The maximum absolute atomic E-state index is 12.6. The van der Waals surface area contributed by atoms with Crippen molar-refractivity contribution >= 4 is 21.6 Å². The molecule has 0 N–H and O–H groups in total. The molecular formula is C20H23N3O4S. The van der Waals surface area contributed by atoms with Crippen molar-refractivity contribution in [1.29, 1.82) is 0 Å². The first-order valence-corrected chi connectivity index (χ1v) is 10.3. The minimum atomic E-state index is -3.67. The predicted molar refractivity (Wildman–Crippen MR) is 106 cm³/mol. The molecule has 0 unspecified atom stereocenters. The zero-order chi connectivity index (χ0) is 20.5. The highest BCUT2D eigenvalue weighted by atomic mass is 32.2. The summed E-state index contributed by atoms with van der Waals surface area (Å²) < 4.78 is 33.7. The SMILES string of the molecule is Cc1ccc2nc(COC(=O)c3cccc(S(=O)(=O)N(C)C(C)C)c3)cn2c1. The van der Waals surface area contributed by atoms with Crippen LogP contribution in [-0.4, -0.2) is 41.2 Å². The van der Waals surface area contributed by atoms with E-state index in [4.69, 9.17) is 4.74 Å². The number of rotatable bonds is 6. The Balaban J connectivity index is 1.75. The average Bonchev–Trinajstić information content (AvgIpc) is 3.07. The number of esters is 1. The van der Waals surface area contributed by atoms with Crippen molar-refractivity contribution in [2.45, 2.75) is 38.3 Å². The topological polar surface area (TPSA) is 81.0 Å². The lowest BCUT2D eigenvalue weighted by atomic mass is 10.2. The molecule has 148 valence electrons. The fourth-order valence-corrected chi connectivity index (χ4v) is 4.09. The molecule has 0 saturated heterocycles. The molecule has 0 bridgehead atoms. The molecule has 0 atom stereocenters. The van der Waals surface area contributed by atoms with E-state index in [9.17, 15) is 13.2 Å². The average molecular weight is 401 g/mol. The molecule has 0 aliphatic rings. The van der Waals surface area contributed by atoms with Gasteiger partial charge in [0.25, 0.3) is 0 Å². The molecule has 0 fully saturated rings. The van der Waals surface area contributed by atoms with Gasteiger partial charge in [0.05, 0.1) is 16.2 Å². The lowest BCUT2D eigenvalue weighted by Crippen LogP contribution is -2.33. The largest absolute Gasteiger partial charge is 0.456 e. The van der Waals surface area contributed by atoms with Crippen LogP contribution in [0.4, 0.5) is 0 Å². The summed E-state index contributed by atoms with van der Waals surface area (Å²) in [6, 6.07) is 9.52. The summed E-state index contributed by atoms with van der Waals surface area (Å²) in [4.78, 5) is 16.9. The summed E-state index contributed by atoms with van der Waals surface area (Å²) in [6.45, 7) is 5.55. The molecule has 0 aliphatic heterocycles. The van der Waals surface area contributed by atoms with Gasteiger partial charge in [0.1, 0.15) is 12.3 Å². The standard InChI is InChI=1S/C20H23N3O4S/c1-14(2)22(4)28(25,26)18-7-5-6-16(10-18)20(24)27-13-17-12-23-11-15(3)8-9-19(23)21-17/h5-12,14H,13H2,1-4H3. The number of hydrogen-bond acceptors (Lipinski definition) is 5. The Bertz CT molecular complexity index is 1120. The summed E-state index contributed by atoms with van der Waals surface area (Å²) in [5, 5.41) is 0. The maximum Gasteiger partial charge on any atom is 0.338 e. The van der Waals surface area contributed by atoms with Crippen LogP contribution in [0.25, 0.3) is 5.65 Å². The molecule has 0 spiro atoms. The minimum Gasteiger partial charge on any atom is -0.456 e. The zero-order valence-electron chi connectivity index (χ0n) is 16.3. The molecule has 2 heterocycles. The van der Waals surface area contributed by atoms with Crippen LogP contribution < -0.4 is 0 Å². The molecular weight excluding hydrogens is 378 g/mol. The second-order valence-corrected chi connectivity index (χ2v) is 8.92. The second-order valence-electron chi connectivity index (χ2n) is 6.92. The lowest BCUT2D eigenvalue weighted by molar-refractivity contribution is 0.0468. The van der Waals surface area contributed by atoms with Crippen LogP contribution in [0.3, 0.4) is 0 Å².